The van der Waals surface area contributed by atoms with Gasteiger partial charge in [0.1, 0.15) is 0 Å². The van der Waals surface area contributed by atoms with Crippen molar-refractivity contribution in [3.8, 4) is 0 Å². The first-order chi connectivity index (χ1) is 7.15. The molecule has 1 aromatic rings. The quantitative estimate of drug-likeness (QED) is 0.824. The number of nitrogens with zero attached hydrogens (tertiary/aromatic N) is 1. The number of hydrogen-bond donors (Lipinski definition) is 2. The molecule has 0 saturated heterocycles. The van der Waals surface area contributed by atoms with E-state index in [1.165, 1.54) is 0 Å². The number of pyridine rings is 1. The van der Waals surface area contributed by atoms with E-state index in [2.05, 4.69) is 10.3 Å². The van der Waals surface area contributed by atoms with Crippen molar-refractivity contribution in [1.29, 1.82) is 0 Å². The van der Waals surface area contributed by atoms with Gasteiger partial charge in [-0.05, 0) is 18.6 Å². The molecule has 3 N–H and O–H groups in total. The van der Waals surface area contributed by atoms with Crippen molar-refractivity contribution in [3.05, 3.63) is 23.4 Å². The van der Waals surface area contributed by atoms with E-state index in [4.69, 9.17) is 17.3 Å². The summed E-state index contributed by atoms with van der Waals surface area (Å²) >= 11 is 5.83. The first-order valence-corrected chi connectivity index (χ1v) is 5.20. The van der Waals surface area contributed by atoms with Gasteiger partial charge in [0.15, 0.2) is 5.82 Å². The summed E-state index contributed by atoms with van der Waals surface area (Å²) in [5.41, 5.74) is 5.64. The maximum atomic E-state index is 11.5. The Morgan fingerprint density at radius 1 is 1.73 bits per heavy atom. The summed E-state index contributed by atoms with van der Waals surface area (Å²) in [6.45, 7) is 1.97. The second-order valence-corrected chi connectivity index (χ2v) is 3.63. The largest absolute Gasteiger partial charge is 0.320 e. The third-order valence-corrected chi connectivity index (χ3v) is 2.24. The maximum absolute atomic E-state index is 11.5. The molecule has 0 aliphatic carbocycles. The minimum Gasteiger partial charge on any atom is -0.320 e. The van der Waals surface area contributed by atoms with Crippen LogP contribution in [-0.2, 0) is 4.79 Å². The highest BCUT2D eigenvalue weighted by Crippen LogP contribution is 2.17. The Kier molecular flexibility index (Phi) is 4.52. The van der Waals surface area contributed by atoms with Crippen LogP contribution in [0.5, 0.6) is 0 Å². The van der Waals surface area contributed by atoms with Gasteiger partial charge < -0.3 is 11.1 Å². The highest BCUT2D eigenvalue weighted by molar-refractivity contribution is 6.33. The Morgan fingerprint density at radius 2 is 2.47 bits per heavy atom. The second kappa shape index (κ2) is 5.68. The number of rotatable bonds is 4. The van der Waals surface area contributed by atoms with E-state index in [1.54, 1.807) is 18.3 Å². The lowest BCUT2D eigenvalue weighted by molar-refractivity contribution is -0.117. The summed E-state index contributed by atoms with van der Waals surface area (Å²) in [5, 5.41) is 3.00. The molecule has 0 aliphatic heterocycles. The molecule has 0 radical (unpaired) electrons. The predicted molar refractivity (Wildman–Crippen MR) is 60.8 cm³/mol. The highest BCUT2D eigenvalue weighted by Gasteiger charge is 2.13. The molecule has 5 heteroatoms. The van der Waals surface area contributed by atoms with Gasteiger partial charge in [-0.1, -0.05) is 24.9 Å². The molecular weight excluding hydrogens is 214 g/mol. The molecule has 1 unspecified atom stereocenters. The average Bonchev–Trinajstić information content (AvgIpc) is 2.21. The zero-order chi connectivity index (χ0) is 11.3. The number of carbonyl (C=O) groups excluding carboxylic acids is 1. The molecule has 0 bridgehead atoms. The number of amides is 1. The zero-order valence-electron chi connectivity index (χ0n) is 8.53. The standard InChI is InChI=1S/C10H14ClN3O/c1-2-4-8(12)10(15)14-9-7(11)5-3-6-13-9/h3,5-6,8H,2,4,12H2,1H3,(H,13,14,15). The molecule has 82 valence electrons. The summed E-state index contributed by atoms with van der Waals surface area (Å²) in [4.78, 5) is 15.5. The monoisotopic (exact) mass is 227 g/mol. The molecule has 0 spiro atoms. The smallest absolute Gasteiger partial charge is 0.242 e. The van der Waals surface area contributed by atoms with Crippen LogP contribution in [-0.4, -0.2) is 16.9 Å². The normalized spacial score (nSPS) is 12.2. The third-order valence-electron chi connectivity index (χ3n) is 1.94. The molecule has 1 aromatic heterocycles. The van der Waals surface area contributed by atoms with Crippen LogP contribution in [0, 0.1) is 0 Å². The first kappa shape index (κ1) is 11.9. The van der Waals surface area contributed by atoms with Crippen molar-refractivity contribution in [2.75, 3.05) is 5.32 Å². The van der Waals surface area contributed by atoms with E-state index in [9.17, 15) is 4.79 Å². The Morgan fingerprint density at radius 3 is 3.07 bits per heavy atom. The number of carbonyl (C=O) groups is 1. The van der Waals surface area contributed by atoms with Crippen LogP contribution < -0.4 is 11.1 Å². The van der Waals surface area contributed by atoms with Gasteiger partial charge in [-0.3, -0.25) is 4.79 Å². The third kappa shape index (κ3) is 3.49. The summed E-state index contributed by atoms with van der Waals surface area (Å²) in [6, 6.07) is 2.85. The van der Waals surface area contributed by atoms with E-state index >= 15 is 0 Å². The highest BCUT2D eigenvalue weighted by atomic mass is 35.5. The molecule has 0 saturated carbocycles. The Labute approximate surface area is 93.8 Å². The van der Waals surface area contributed by atoms with Crippen LogP contribution in [0.4, 0.5) is 5.82 Å². The van der Waals surface area contributed by atoms with Gasteiger partial charge in [0, 0.05) is 6.20 Å². The van der Waals surface area contributed by atoms with E-state index in [0.717, 1.165) is 6.42 Å². The van der Waals surface area contributed by atoms with E-state index in [1.807, 2.05) is 6.92 Å². The van der Waals surface area contributed by atoms with Crippen molar-refractivity contribution in [1.82, 2.24) is 4.98 Å². The fourth-order valence-corrected chi connectivity index (χ4v) is 1.30. The van der Waals surface area contributed by atoms with Gasteiger partial charge in [-0.15, -0.1) is 0 Å². The average molecular weight is 228 g/mol. The lowest BCUT2D eigenvalue weighted by Gasteiger charge is -2.10. The van der Waals surface area contributed by atoms with Gasteiger partial charge in [0.05, 0.1) is 11.1 Å². The van der Waals surface area contributed by atoms with Gasteiger partial charge in [-0.25, -0.2) is 4.98 Å². The molecule has 0 aromatic carbocycles. The van der Waals surface area contributed by atoms with Crippen LogP contribution in [0.25, 0.3) is 0 Å². The summed E-state index contributed by atoms with van der Waals surface area (Å²) in [5.74, 6) is 0.105. The molecule has 15 heavy (non-hydrogen) atoms. The van der Waals surface area contributed by atoms with E-state index in [0.29, 0.717) is 17.3 Å². The number of nitrogens with two attached hydrogens (primary N) is 1. The van der Waals surface area contributed by atoms with Crippen molar-refractivity contribution in [2.24, 2.45) is 5.73 Å². The fourth-order valence-electron chi connectivity index (χ4n) is 1.13. The van der Waals surface area contributed by atoms with Crippen LogP contribution in [0.15, 0.2) is 18.3 Å². The number of halogens is 1. The number of hydrogen-bond acceptors (Lipinski definition) is 3. The van der Waals surface area contributed by atoms with Crippen molar-refractivity contribution >= 4 is 23.3 Å². The zero-order valence-corrected chi connectivity index (χ0v) is 9.29. The van der Waals surface area contributed by atoms with Crippen molar-refractivity contribution < 1.29 is 4.79 Å². The fraction of sp³-hybridized carbons (Fsp3) is 0.400. The van der Waals surface area contributed by atoms with Crippen LogP contribution in [0.2, 0.25) is 5.02 Å². The lowest BCUT2D eigenvalue weighted by atomic mass is 10.2. The van der Waals surface area contributed by atoms with Gasteiger partial charge in [-0.2, -0.15) is 0 Å². The second-order valence-electron chi connectivity index (χ2n) is 3.22. The Bertz CT molecular complexity index is 343. The first-order valence-electron chi connectivity index (χ1n) is 4.82. The van der Waals surface area contributed by atoms with Crippen LogP contribution >= 0.6 is 11.6 Å². The Hall–Kier alpha value is -1.13. The minimum absolute atomic E-state index is 0.252. The van der Waals surface area contributed by atoms with Crippen molar-refractivity contribution in [2.45, 2.75) is 25.8 Å². The van der Waals surface area contributed by atoms with Gasteiger partial charge in [0.25, 0.3) is 0 Å². The summed E-state index contributed by atoms with van der Waals surface area (Å²) < 4.78 is 0. The topological polar surface area (TPSA) is 68.0 Å². The predicted octanol–water partition coefficient (Wildman–Crippen LogP) is 1.80. The van der Waals surface area contributed by atoms with E-state index in [-0.39, 0.29) is 5.91 Å². The summed E-state index contributed by atoms with van der Waals surface area (Å²) in [6.07, 6.45) is 3.08. The molecule has 4 nitrogen and oxygen atoms in total. The SMILES string of the molecule is CCCC(N)C(=O)Nc1ncccc1Cl. The maximum Gasteiger partial charge on any atom is 0.242 e. The van der Waals surface area contributed by atoms with Crippen LogP contribution in [0.3, 0.4) is 0 Å². The Balaban J connectivity index is 2.62. The molecule has 1 atom stereocenters. The van der Waals surface area contributed by atoms with Crippen molar-refractivity contribution in [3.63, 3.8) is 0 Å². The molecule has 0 fully saturated rings. The lowest BCUT2D eigenvalue weighted by Crippen LogP contribution is -2.35. The molecule has 1 amide bonds. The summed E-state index contributed by atoms with van der Waals surface area (Å²) in [7, 11) is 0. The van der Waals surface area contributed by atoms with Gasteiger partial charge in [0.2, 0.25) is 5.91 Å². The molecule has 1 rings (SSSR count). The van der Waals surface area contributed by atoms with Crippen LogP contribution in [0.1, 0.15) is 19.8 Å². The number of anilines is 1. The number of nitrogens with one attached hydrogen (secondary N) is 1. The number of aromatic nitrogens is 1. The minimum atomic E-state index is -0.506. The van der Waals surface area contributed by atoms with Gasteiger partial charge >= 0.3 is 0 Å². The molecule has 0 aliphatic rings. The molecular formula is C10H14ClN3O. The van der Waals surface area contributed by atoms with E-state index < -0.39 is 6.04 Å². The molecule has 1 heterocycles.